The molecular weight excluding hydrogens is 272 g/mol. The van der Waals surface area contributed by atoms with Gasteiger partial charge >= 0.3 is 6.03 Å². The van der Waals surface area contributed by atoms with Gasteiger partial charge in [0, 0.05) is 11.2 Å². The van der Waals surface area contributed by atoms with Crippen LogP contribution in [0, 0.1) is 31.6 Å². The Morgan fingerprint density at radius 3 is 2.14 bits per heavy atom. The van der Waals surface area contributed by atoms with Gasteiger partial charge in [0.1, 0.15) is 0 Å². The molecule has 3 nitrogen and oxygen atoms in total. The number of benzene rings is 1. The van der Waals surface area contributed by atoms with Gasteiger partial charge in [0.25, 0.3) is 0 Å². The van der Waals surface area contributed by atoms with E-state index in [4.69, 9.17) is 0 Å². The monoisotopic (exact) mass is 298 g/mol. The number of anilines is 1. The predicted molar refractivity (Wildman–Crippen MR) is 89.0 cm³/mol. The molecule has 4 bridgehead atoms. The number of carbonyl (C=O) groups excluding carboxylic acids is 1. The van der Waals surface area contributed by atoms with Crippen molar-refractivity contribution in [1.82, 2.24) is 5.32 Å². The highest BCUT2D eigenvalue weighted by molar-refractivity contribution is 5.90. The smallest absolute Gasteiger partial charge is 0.319 e. The molecule has 22 heavy (non-hydrogen) atoms. The molecule has 5 rings (SSSR count). The molecule has 0 spiro atoms. The van der Waals surface area contributed by atoms with E-state index < -0.39 is 0 Å². The first-order valence-corrected chi connectivity index (χ1v) is 8.68. The molecule has 2 N–H and O–H groups in total. The number of urea groups is 1. The summed E-state index contributed by atoms with van der Waals surface area (Å²) in [6, 6.07) is 6.08. The van der Waals surface area contributed by atoms with Crippen LogP contribution in [-0.4, -0.2) is 11.6 Å². The summed E-state index contributed by atoms with van der Waals surface area (Å²) in [7, 11) is 0. The maximum Gasteiger partial charge on any atom is 0.319 e. The Labute approximate surface area is 132 Å². The van der Waals surface area contributed by atoms with Crippen LogP contribution in [0.15, 0.2) is 18.2 Å². The molecule has 1 aromatic rings. The largest absolute Gasteiger partial charge is 0.332 e. The quantitative estimate of drug-likeness (QED) is 0.835. The molecule has 4 aliphatic carbocycles. The predicted octanol–water partition coefficient (Wildman–Crippen LogP) is 4.39. The summed E-state index contributed by atoms with van der Waals surface area (Å²) >= 11 is 0. The van der Waals surface area contributed by atoms with Gasteiger partial charge in [-0.25, -0.2) is 4.79 Å². The van der Waals surface area contributed by atoms with Gasteiger partial charge in [0.05, 0.1) is 0 Å². The minimum absolute atomic E-state index is 0.0230. The van der Waals surface area contributed by atoms with E-state index in [0.717, 1.165) is 23.4 Å². The Morgan fingerprint density at radius 1 is 1.00 bits per heavy atom. The fourth-order valence-electron chi connectivity index (χ4n) is 5.49. The average molecular weight is 298 g/mol. The number of carbonyl (C=O) groups is 1. The third-order valence-corrected chi connectivity index (χ3v) is 6.18. The average Bonchev–Trinajstić information content (AvgIpc) is 2.40. The van der Waals surface area contributed by atoms with Crippen molar-refractivity contribution in [3.8, 4) is 0 Å². The van der Waals surface area contributed by atoms with Crippen molar-refractivity contribution in [2.75, 3.05) is 5.32 Å². The summed E-state index contributed by atoms with van der Waals surface area (Å²) in [5.74, 6) is 2.56. The first kappa shape index (κ1) is 14.1. The molecule has 118 valence electrons. The molecule has 1 aromatic carbocycles. The van der Waals surface area contributed by atoms with Gasteiger partial charge in [-0.15, -0.1) is 0 Å². The Hall–Kier alpha value is -1.51. The Kier molecular flexibility index (Phi) is 3.21. The summed E-state index contributed by atoms with van der Waals surface area (Å²) < 4.78 is 0. The summed E-state index contributed by atoms with van der Waals surface area (Å²) in [5, 5.41) is 6.39. The minimum atomic E-state index is -0.0230. The lowest BCUT2D eigenvalue weighted by atomic mass is 9.53. The van der Waals surface area contributed by atoms with E-state index >= 15 is 0 Å². The lowest BCUT2D eigenvalue weighted by Gasteiger charge is -2.56. The van der Waals surface area contributed by atoms with Crippen molar-refractivity contribution in [2.24, 2.45) is 17.8 Å². The molecular formula is C19H26N2O. The van der Waals surface area contributed by atoms with E-state index in [1.54, 1.807) is 0 Å². The fourth-order valence-corrected chi connectivity index (χ4v) is 5.49. The van der Waals surface area contributed by atoms with Crippen LogP contribution in [0.1, 0.15) is 49.7 Å². The van der Waals surface area contributed by atoms with Crippen LogP contribution >= 0.6 is 0 Å². The van der Waals surface area contributed by atoms with Crippen molar-refractivity contribution in [2.45, 2.75) is 57.9 Å². The van der Waals surface area contributed by atoms with E-state index in [1.165, 1.54) is 49.7 Å². The topological polar surface area (TPSA) is 41.1 Å². The second-order valence-corrected chi connectivity index (χ2v) is 8.08. The minimum Gasteiger partial charge on any atom is -0.332 e. The molecule has 0 radical (unpaired) electrons. The molecule has 4 saturated carbocycles. The molecule has 0 unspecified atom stereocenters. The fraction of sp³-hybridized carbons (Fsp3) is 0.632. The summed E-state index contributed by atoms with van der Waals surface area (Å²) in [6.45, 7) is 4.17. The van der Waals surface area contributed by atoms with Crippen molar-refractivity contribution < 1.29 is 4.79 Å². The standard InChI is InChI=1S/C19H26N2O/c1-12-3-4-17(5-13(12)2)20-18(22)21-19-9-14-6-15(10-19)8-16(7-14)11-19/h3-5,14-16H,6-11H2,1-2H3,(H2,20,21,22). The van der Waals surface area contributed by atoms with Gasteiger partial charge in [-0.05, 0) is 93.4 Å². The van der Waals surface area contributed by atoms with Crippen molar-refractivity contribution in [3.05, 3.63) is 29.3 Å². The number of hydrogen-bond acceptors (Lipinski definition) is 1. The zero-order chi connectivity index (χ0) is 15.3. The van der Waals surface area contributed by atoms with Crippen molar-refractivity contribution in [1.29, 1.82) is 0 Å². The second kappa shape index (κ2) is 5.00. The van der Waals surface area contributed by atoms with Crippen LogP contribution in [0.4, 0.5) is 10.5 Å². The first-order chi connectivity index (χ1) is 10.5. The van der Waals surface area contributed by atoms with E-state index in [2.05, 4.69) is 36.6 Å². The van der Waals surface area contributed by atoms with E-state index in [9.17, 15) is 4.79 Å². The highest BCUT2D eigenvalue weighted by Gasteiger charge is 2.51. The molecule has 0 saturated heterocycles. The maximum atomic E-state index is 12.5. The molecule has 0 atom stereocenters. The van der Waals surface area contributed by atoms with Gasteiger partial charge < -0.3 is 10.6 Å². The van der Waals surface area contributed by atoms with Gasteiger partial charge in [0.15, 0.2) is 0 Å². The third-order valence-electron chi connectivity index (χ3n) is 6.18. The number of nitrogens with one attached hydrogen (secondary N) is 2. The van der Waals surface area contributed by atoms with Crippen LogP contribution in [0.2, 0.25) is 0 Å². The molecule has 4 fully saturated rings. The Morgan fingerprint density at radius 2 is 1.59 bits per heavy atom. The van der Waals surface area contributed by atoms with Crippen LogP contribution in [0.3, 0.4) is 0 Å². The zero-order valence-corrected chi connectivity index (χ0v) is 13.6. The number of rotatable bonds is 2. The van der Waals surface area contributed by atoms with E-state index in [-0.39, 0.29) is 11.6 Å². The Balaban J connectivity index is 1.44. The Bertz CT molecular complexity index is 572. The lowest BCUT2D eigenvalue weighted by molar-refractivity contribution is -0.0127. The van der Waals surface area contributed by atoms with Crippen LogP contribution in [-0.2, 0) is 0 Å². The second-order valence-electron chi connectivity index (χ2n) is 8.08. The summed E-state index contributed by atoms with van der Waals surface area (Å²) in [5.41, 5.74) is 3.45. The van der Waals surface area contributed by atoms with Crippen molar-refractivity contribution >= 4 is 11.7 Å². The highest BCUT2D eigenvalue weighted by atomic mass is 16.2. The van der Waals surface area contributed by atoms with Gasteiger partial charge in [-0.1, -0.05) is 6.07 Å². The van der Waals surface area contributed by atoms with Crippen LogP contribution in [0.5, 0.6) is 0 Å². The maximum absolute atomic E-state index is 12.5. The first-order valence-electron chi connectivity index (χ1n) is 8.68. The van der Waals surface area contributed by atoms with Gasteiger partial charge in [0.2, 0.25) is 0 Å². The highest BCUT2D eigenvalue weighted by Crippen LogP contribution is 2.55. The normalized spacial score (nSPS) is 35.5. The van der Waals surface area contributed by atoms with Gasteiger partial charge in [-0.2, -0.15) is 0 Å². The van der Waals surface area contributed by atoms with Crippen LogP contribution < -0.4 is 10.6 Å². The van der Waals surface area contributed by atoms with Crippen LogP contribution in [0.25, 0.3) is 0 Å². The molecule has 4 aliphatic rings. The van der Waals surface area contributed by atoms with Crippen molar-refractivity contribution in [3.63, 3.8) is 0 Å². The molecule has 3 heteroatoms. The van der Waals surface area contributed by atoms with E-state index in [0.29, 0.717) is 0 Å². The third kappa shape index (κ3) is 2.51. The molecule has 0 aliphatic heterocycles. The summed E-state index contributed by atoms with van der Waals surface area (Å²) in [6.07, 6.45) is 7.79. The molecule has 2 amide bonds. The van der Waals surface area contributed by atoms with Gasteiger partial charge in [-0.3, -0.25) is 0 Å². The van der Waals surface area contributed by atoms with E-state index in [1.807, 2.05) is 6.07 Å². The number of hydrogen-bond donors (Lipinski definition) is 2. The molecule has 0 aromatic heterocycles. The number of aryl methyl sites for hydroxylation is 2. The summed E-state index contributed by atoms with van der Waals surface area (Å²) in [4.78, 5) is 12.5. The lowest BCUT2D eigenvalue weighted by Crippen LogP contribution is -2.60. The SMILES string of the molecule is Cc1ccc(NC(=O)NC23CC4CC(CC(C4)C2)C3)cc1C. The number of amides is 2. The molecule has 0 heterocycles. The zero-order valence-electron chi connectivity index (χ0n) is 13.6.